The zero-order valence-electron chi connectivity index (χ0n) is 21.6. The van der Waals surface area contributed by atoms with Crippen LogP contribution in [0.2, 0.25) is 0 Å². The molecule has 0 unspecified atom stereocenters. The van der Waals surface area contributed by atoms with Crippen LogP contribution in [0.25, 0.3) is 0 Å². The minimum atomic E-state index is -3.96. The van der Waals surface area contributed by atoms with Crippen molar-refractivity contribution in [1.29, 1.82) is 0 Å². The predicted octanol–water partition coefficient (Wildman–Crippen LogP) is 7.15. The van der Waals surface area contributed by atoms with Crippen molar-refractivity contribution in [2.24, 2.45) is 0 Å². The Kier molecular flexibility index (Phi) is 13.0. The molecule has 0 aliphatic rings. The number of nitrogens with one attached hydrogen (secondary N) is 3. The van der Waals surface area contributed by atoms with Crippen LogP contribution in [0.5, 0.6) is 0 Å². The number of carbonyl (C=O) groups excluding carboxylic acids is 2. The highest BCUT2D eigenvalue weighted by atomic mass is 32.2. The Balaban J connectivity index is 1.62. The van der Waals surface area contributed by atoms with Crippen LogP contribution >= 0.6 is 0 Å². The number of aryl methyl sites for hydroxylation is 1. The monoisotopic (exact) mass is 515 g/mol. The van der Waals surface area contributed by atoms with E-state index in [1.807, 2.05) is 11.6 Å². The minimum absolute atomic E-state index is 0.0131. The highest BCUT2D eigenvalue weighted by Gasteiger charge is 2.17. The first-order chi connectivity index (χ1) is 17.3. The molecule has 0 saturated heterocycles. The normalized spacial score (nSPS) is 11.2. The molecule has 2 aromatic carbocycles. The molecule has 0 radical (unpaired) electrons. The summed E-state index contributed by atoms with van der Waals surface area (Å²) in [5.74, 6) is -0.0337. The Morgan fingerprint density at radius 2 is 1.14 bits per heavy atom. The maximum atomic E-state index is 12.3. The van der Waals surface area contributed by atoms with Gasteiger partial charge in [0.15, 0.2) is 0 Å². The van der Waals surface area contributed by atoms with Crippen LogP contribution in [0.4, 0.5) is 16.2 Å². The van der Waals surface area contributed by atoms with Crippen LogP contribution in [-0.2, 0) is 14.8 Å². The van der Waals surface area contributed by atoms with Crippen molar-refractivity contribution >= 4 is 33.3 Å². The summed E-state index contributed by atoms with van der Waals surface area (Å²) in [4.78, 5) is 24.3. The number of unbranched alkanes of at least 4 members (excludes halogenated alkanes) is 10. The summed E-state index contributed by atoms with van der Waals surface area (Å²) in [6.45, 7) is 4.09. The summed E-state index contributed by atoms with van der Waals surface area (Å²) in [7, 11) is -3.96. The number of sulfonamides is 1. The highest BCUT2D eigenvalue weighted by molar-refractivity contribution is 7.90. The Hall–Kier alpha value is -2.87. The van der Waals surface area contributed by atoms with Gasteiger partial charge in [-0.3, -0.25) is 4.79 Å². The number of carbonyl (C=O) groups is 2. The van der Waals surface area contributed by atoms with Gasteiger partial charge in [-0.05, 0) is 49.7 Å². The second kappa shape index (κ2) is 16.0. The smallest absolute Gasteiger partial charge is 0.326 e. The Labute approximate surface area is 216 Å². The summed E-state index contributed by atoms with van der Waals surface area (Å²) in [6.07, 6.45) is 14.1. The second-order valence-corrected chi connectivity index (χ2v) is 11.0. The summed E-state index contributed by atoms with van der Waals surface area (Å²) < 4.78 is 26.6. The van der Waals surface area contributed by atoms with Gasteiger partial charge < -0.3 is 10.6 Å². The lowest BCUT2D eigenvalue weighted by Gasteiger charge is -2.10. The molecule has 0 aliphatic heterocycles. The van der Waals surface area contributed by atoms with Crippen LogP contribution in [0.3, 0.4) is 0 Å². The third-order valence-corrected chi connectivity index (χ3v) is 7.34. The lowest BCUT2D eigenvalue weighted by atomic mass is 10.1. The topological polar surface area (TPSA) is 104 Å². The molecule has 0 aromatic heterocycles. The fraction of sp³-hybridized carbons (Fsp3) is 0.500. The highest BCUT2D eigenvalue weighted by Crippen LogP contribution is 2.16. The largest absolute Gasteiger partial charge is 0.333 e. The fourth-order valence-corrected chi connectivity index (χ4v) is 4.77. The van der Waals surface area contributed by atoms with E-state index >= 15 is 0 Å². The number of hydrogen-bond acceptors (Lipinski definition) is 4. The van der Waals surface area contributed by atoms with Gasteiger partial charge in [0.2, 0.25) is 5.91 Å². The quantitative estimate of drug-likeness (QED) is 0.207. The van der Waals surface area contributed by atoms with Gasteiger partial charge in [0.25, 0.3) is 10.0 Å². The zero-order valence-corrected chi connectivity index (χ0v) is 22.5. The van der Waals surface area contributed by atoms with E-state index in [2.05, 4.69) is 17.6 Å². The van der Waals surface area contributed by atoms with Gasteiger partial charge in [-0.2, -0.15) is 0 Å². The van der Waals surface area contributed by atoms with Gasteiger partial charge in [0.1, 0.15) is 0 Å². The van der Waals surface area contributed by atoms with E-state index in [1.54, 1.807) is 36.4 Å². The zero-order chi connectivity index (χ0) is 26.2. The molecule has 0 heterocycles. The first kappa shape index (κ1) is 29.4. The van der Waals surface area contributed by atoms with Crippen LogP contribution < -0.4 is 15.4 Å². The molecule has 8 heteroatoms. The van der Waals surface area contributed by atoms with E-state index in [4.69, 9.17) is 0 Å². The molecule has 0 saturated carbocycles. The van der Waals surface area contributed by atoms with Crippen molar-refractivity contribution < 1.29 is 18.0 Å². The minimum Gasteiger partial charge on any atom is -0.326 e. The molecular formula is C28H41N3O4S. The fourth-order valence-electron chi connectivity index (χ4n) is 3.87. The molecule has 0 bridgehead atoms. The van der Waals surface area contributed by atoms with E-state index in [0.717, 1.165) is 18.4 Å². The van der Waals surface area contributed by atoms with Gasteiger partial charge in [-0.1, -0.05) is 88.8 Å². The van der Waals surface area contributed by atoms with E-state index in [0.29, 0.717) is 17.8 Å². The molecule has 0 spiro atoms. The number of rotatable bonds is 16. The van der Waals surface area contributed by atoms with Gasteiger partial charge in [0.05, 0.1) is 4.90 Å². The molecule has 0 atom stereocenters. The summed E-state index contributed by atoms with van der Waals surface area (Å²) in [6, 6.07) is 11.9. The predicted molar refractivity (Wildman–Crippen MR) is 147 cm³/mol. The first-order valence-electron chi connectivity index (χ1n) is 13.1. The van der Waals surface area contributed by atoms with Crippen LogP contribution in [0.1, 0.15) is 89.5 Å². The average Bonchev–Trinajstić information content (AvgIpc) is 2.83. The average molecular weight is 516 g/mol. The van der Waals surface area contributed by atoms with Crippen molar-refractivity contribution in [3.63, 3.8) is 0 Å². The van der Waals surface area contributed by atoms with Crippen LogP contribution in [0.15, 0.2) is 53.4 Å². The third-order valence-electron chi connectivity index (χ3n) is 5.99. The van der Waals surface area contributed by atoms with Gasteiger partial charge in [0, 0.05) is 17.8 Å². The van der Waals surface area contributed by atoms with Crippen molar-refractivity contribution in [3.05, 3.63) is 54.1 Å². The van der Waals surface area contributed by atoms with Gasteiger partial charge >= 0.3 is 6.03 Å². The van der Waals surface area contributed by atoms with E-state index < -0.39 is 16.1 Å². The number of benzene rings is 2. The lowest BCUT2D eigenvalue weighted by molar-refractivity contribution is -0.116. The van der Waals surface area contributed by atoms with Crippen LogP contribution in [0, 0.1) is 6.92 Å². The van der Waals surface area contributed by atoms with E-state index in [1.165, 1.54) is 69.9 Å². The third kappa shape index (κ3) is 11.7. The molecule has 198 valence electrons. The molecule has 3 N–H and O–H groups in total. The summed E-state index contributed by atoms with van der Waals surface area (Å²) in [5.41, 5.74) is 1.96. The first-order valence-corrected chi connectivity index (χ1v) is 14.6. The molecule has 2 rings (SSSR count). The standard InChI is InChI=1S/C28H41N3O4S/c1-3-4-5-6-7-8-9-10-11-12-13-14-27(32)29-24-17-19-25(20-18-24)30-28(33)31-36(34,35)26-21-15-23(2)16-22-26/h15-22H,3-14H2,1-2H3,(H,29,32)(H2,30,31,33). The number of urea groups is 1. The van der Waals surface area contributed by atoms with Gasteiger partial charge in [-0.25, -0.2) is 17.9 Å². The van der Waals surface area contributed by atoms with E-state index in [-0.39, 0.29) is 10.8 Å². The molecular weight excluding hydrogens is 474 g/mol. The molecule has 36 heavy (non-hydrogen) atoms. The second-order valence-electron chi connectivity index (χ2n) is 9.28. The van der Waals surface area contributed by atoms with Crippen molar-refractivity contribution in [2.75, 3.05) is 10.6 Å². The molecule has 2 aromatic rings. The summed E-state index contributed by atoms with van der Waals surface area (Å²) in [5, 5.41) is 5.35. The molecule has 7 nitrogen and oxygen atoms in total. The number of anilines is 2. The van der Waals surface area contributed by atoms with Gasteiger partial charge in [-0.15, -0.1) is 0 Å². The Morgan fingerprint density at radius 1 is 0.667 bits per heavy atom. The number of amides is 3. The molecule has 0 aliphatic carbocycles. The Bertz CT molecular complexity index is 1040. The van der Waals surface area contributed by atoms with Crippen molar-refractivity contribution in [2.45, 2.75) is 95.8 Å². The number of hydrogen-bond donors (Lipinski definition) is 3. The van der Waals surface area contributed by atoms with E-state index in [9.17, 15) is 18.0 Å². The molecule has 0 fully saturated rings. The maximum Gasteiger partial charge on any atom is 0.333 e. The lowest BCUT2D eigenvalue weighted by Crippen LogP contribution is -2.34. The SMILES string of the molecule is CCCCCCCCCCCCCC(=O)Nc1ccc(NC(=O)NS(=O)(=O)c2ccc(C)cc2)cc1. The summed E-state index contributed by atoms with van der Waals surface area (Å²) >= 11 is 0. The molecule has 3 amide bonds. The van der Waals surface area contributed by atoms with Crippen molar-refractivity contribution in [3.8, 4) is 0 Å². The van der Waals surface area contributed by atoms with Crippen molar-refractivity contribution in [1.82, 2.24) is 4.72 Å². The Morgan fingerprint density at radius 3 is 1.67 bits per heavy atom. The maximum absolute atomic E-state index is 12.3. The van der Waals surface area contributed by atoms with Crippen LogP contribution in [-0.4, -0.2) is 20.4 Å².